The number of carbonyl (C=O) groups is 1. The highest BCUT2D eigenvalue weighted by Crippen LogP contribution is 2.38. The molecule has 1 fully saturated rings. The number of nitrogens with two attached hydrogens (primary N) is 1. The van der Waals surface area contributed by atoms with Crippen LogP contribution in [0.4, 0.5) is 0 Å². The minimum absolute atomic E-state index is 0.0165. The summed E-state index contributed by atoms with van der Waals surface area (Å²) in [5.41, 5.74) is 8.16. The van der Waals surface area contributed by atoms with Gasteiger partial charge in [0.05, 0.1) is 5.54 Å². The first-order valence-corrected chi connectivity index (χ1v) is 6.74. The third-order valence-corrected chi connectivity index (χ3v) is 4.30. The van der Waals surface area contributed by atoms with Gasteiger partial charge in [-0.3, -0.25) is 4.79 Å². The Morgan fingerprint density at radius 1 is 1.28 bits per heavy atom. The minimum atomic E-state index is -0.686. The molecule has 3 heteroatoms. The lowest BCUT2D eigenvalue weighted by Crippen LogP contribution is -2.55. The van der Waals surface area contributed by atoms with Gasteiger partial charge >= 0.3 is 0 Å². The molecule has 0 saturated heterocycles. The van der Waals surface area contributed by atoms with E-state index in [9.17, 15) is 4.79 Å². The Labute approximate surface area is 108 Å². The van der Waals surface area contributed by atoms with E-state index in [-0.39, 0.29) is 11.9 Å². The number of amides is 1. The SMILES string of the molecule is CC(N)(C(=O)NC1Cc2ccccc2C1)C1CC1. The lowest BCUT2D eigenvalue weighted by Gasteiger charge is -2.25. The zero-order valence-corrected chi connectivity index (χ0v) is 10.8. The molecule has 3 N–H and O–H groups in total. The van der Waals surface area contributed by atoms with Crippen LogP contribution in [0.1, 0.15) is 30.9 Å². The van der Waals surface area contributed by atoms with Crippen LogP contribution in [0.5, 0.6) is 0 Å². The summed E-state index contributed by atoms with van der Waals surface area (Å²) in [4.78, 5) is 12.2. The van der Waals surface area contributed by atoms with Crippen molar-refractivity contribution in [1.82, 2.24) is 5.32 Å². The highest BCUT2D eigenvalue weighted by Gasteiger charge is 2.44. The molecule has 1 atom stereocenters. The minimum Gasteiger partial charge on any atom is -0.351 e. The Kier molecular flexibility index (Phi) is 2.67. The number of benzene rings is 1. The van der Waals surface area contributed by atoms with Gasteiger partial charge in [0.25, 0.3) is 0 Å². The molecule has 0 bridgehead atoms. The highest BCUT2D eigenvalue weighted by atomic mass is 16.2. The summed E-state index contributed by atoms with van der Waals surface area (Å²) in [5.74, 6) is 0.393. The van der Waals surface area contributed by atoms with Crippen molar-refractivity contribution in [1.29, 1.82) is 0 Å². The molecule has 18 heavy (non-hydrogen) atoms. The molecule has 1 aromatic rings. The van der Waals surface area contributed by atoms with Gasteiger partial charge in [0, 0.05) is 6.04 Å². The molecule has 0 aliphatic heterocycles. The molecule has 1 aromatic carbocycles. The first kappa shape index (κ1) is 11.7. The monoisotopic (exact) mass is 244 g/mol. The number of rotatable bonds is 3. The van der Waals surface area contributed by atoms with E-state index in [0.717, 1.165) is 25.7 Å². The van der Waals surface area contributed by atoms with Gasteiger partial charge in [-0.05, 0) is 49.7 Å². The van der Waals surface area contributed by atoms with Crippen LogP contribution in [-0.2, 0) is 17.6 Å². The third kappa shape index (κ3) is 2.03. The predicted octanol–water partition coefficient (Wildman–Crippen LogP) is 1.40. The summed E-state index contributed by atoms with van der Waals surface area (Å²) in [5, 5.41) is 3.12. The Bertz CT molecular complexity index is 452. The van der Waals surface area contributed by atoms with E-state index in [2.05, 4.69) is 29.6 Å². The summed E-state index contributed by atoms with van der Waals surface area (Å²) in [6.07, 6.45) is 4.04. The van der Waals surface area contributed by atoms with Crippen molar-refractivity contribution < 1.29 is 4.79 Å². The zero-order chi connectivity index (χ0) is 12.8. The van der Waals surface area contributed by atoms with Gasteiger partial charge in [-0.15, -0.1) is 0 Å². The maximum atomic E-state index is 12.2. The zero-order valence-electron chi connectivity index (χ0n) is 10.8. The van der Waals surface area contributed by atoms with Gasteiger partial charge in [0.1, 0.15) is 0 Å². The molecule has 0 radical (unpaired) electrons. The number of hydrogen-bond donors (Lipinski definition) is 2. The van der Waals surface area contributed by atoms with Crippen LogP contribution in [0, 0.1) is 5.92 Å². The standard InChI is InChI=1S/C15H20N2O/c1-15(16,12-6-7-12)14(18)17-13-8-10-4-2-3-5-11(10)9-13/h2-5,12-13H,6-9,16H2,1H3,(H,17,18). The van der Waals surface area contributed by atoms with Crippen LogP contribution in [0.3, 0.4) is 0 Å². The third-order valence-electron chi connectivity index (χ3n) is 4.30. The van der Waals surface area contributed by atoms with Crippen molar-refractivity contribution in [2.24, 2.45) is 11.7 Å². The summed E-state index contributed by atoms with van der Waals surface area (Å²) in [6, 6.07) is 8.62. The molecule has 1 unspecified atom stereocenters. The maximum absolute atomic E-state index is 12.2. The summed E-state index contributed by atoms with van der Waals surface area (Å²) >= 11 is 0. The fourth-order valence-corrected chi connectivity index (χ4v) is 2.87. The molecule has 3 rings (SSSR count). The lowest BCUT2D eigenvalue weighted by molar-refractivity contribution is -0.127. The molecule has 1 amide bonds. The van der Waals surface area contributed by atoms with Crippen LogP contribution in [0.25, 0.3) is 0 Å². The van der Waals surface area contributed by atoms with Crippen molar-refractivity contribution in [2.75, 3.05) is 0 Å². The van der Waals surface area contributed by atoms with Gasteiger partial charge in [-0.25, -0.2) is 0 Å². The maximum Gasteiger partial charge on any atom is 0.240 e. The molecule has 1 saturated carbocycles. The summed E-state index contributed by atoms with van der Waals surface area (Å²) in [7, 11) is 0. The molecule has 0 spiro atoms. The highest BCUT2D eigenvalue weighted by molar-refractivity contribution is 5.86. The van der Waals surface area contributed by atoms with Gasteiger partial charge in [0.2, 0.25) is 5.91 Å². The second-order valence-corrected chi connectivity index (χ2v) is 5.90. The molecule has 0 aromatic heterocycles. The summed E-state index contributed by atoms with van der Waals surface area (Å²) in [6.45, 7) is 1.86. The van der Waals surface area contributed by atoms with Crippen LogP contribution in [0.2, 0.25) is 0 Å². The van der Waals surface area contributed by atoms with Gasteiger partial charge in [0.15, 0.2) is 0 Å². The number of hydrogen-bond acceptors (Lipinski definition) is 2. The van der Waals surface area contributed by atoms with E-state index >= 15 is 0 Å². The molecular formula is C15H20N2O. The second-order valence-electron chi connectivity index (χ2n) is 5.90. The quantitative estimate of drug-likeness (QED) is 0.844. The Morgan fingerprint density at radius 2 is 1.83 bits per heavy atom. The Balaban J connectivity index is 1.64. The molecule has 2 aliphatic rings. The molecule has 96 valence electrons. The van der Waals surface area contributed by atoms with Crippen molar-refractivity contribution in [3.05, 3.63) is 35.4 Å². The number of carbonyl (C=O) groups excluding carboxylic acids is 1. The average Bonchev–Trinajstić information content (AvgIpc) is 3.10. The molecule has 3 nitrogen and oxygen atoms in total. The van der Waals surface area contributed by atoms with E-state index < -0.39 is 5.54 Å². The van der Waals surface area contributed by atoms with Crippen LogP contribution in [-0.4, -0.2) is 17.5 Å². The second kappa shape index (κ2) is 4.09. The van der Waals surface area contributed by atoms with Gasteiger partial charge in [-0.2, -0.15) is 0 Å². The van der Waals surface area contributed by atoms with Crippen molar-refractivity contribution in [3.8, 4) is 0 Å². The van der Waals surface area contributed by atoms with E-state index in [1.807, 2.05) is 6.92 Å². The topological polar surface area (TPSA) is 55.1 Å². The van der Waals surface area contributed by atoms with Crippen LogP contribution < -0.4 is 11.1 Å². The predicted molar refractivity (Wildman–Crippen MR) is 71.1 cm³/mol. The number of fused-ring (bicyclic) bond motifs is 1. The first-order valence-electron chi connectivity index (χ1n) is 6.74. The lowest BCUT2D eigenvalue weighted by atomic mass is 9.95. The fourth-order valence-electron chi connectivity index (χ4n) is 2.87. The van der Waals surface area contributed by atoms with Crippen LogP contribution >= 0.6 is 0 Å². The van der Waals surface area contributed by atoms with Crippen molar-refractivity contribution in [2.45, 2.75) is 44.2 Å². The molecular weight excluding hydrogens is 224 g/mol. The van der Waals surface area contributed by atoms with E-state index in [0.29, 0.717) is 5.92 Å². The van der Waals surface area contributed by atoms with Gasteiger partial charge < -0.3 is 11.1 Å². The fraction of sp³-hybridized carbons (Fsp3) is 0.533. The largest absolute Gasteiger partial charge is 0.351 e. The van der Waals surface area contributed by atoms with E-state index in [4.69, 9.17) is 5.73 Å². The smallest absolute Gasteiger partial charge is 0.240 e. The van der Waals surface area contributed by atoms with E-state index in [1.165, 1.54) is 11.1 Å². The Hall–Kier alpha value is -1.35. The molecule has 2 aliphatic carbocycles. The normalized spacial score (nSPS) is 22.3. The van der Waals surface area contributed by atoms with Crippen molar-refractivity contribution >= 4 is 5.91 Å². The summed E-state index contributed by atoms with van der Waals surface area (Å²) < 4.78 is 0. The number of nitrogens with one attached hydrogen (secondary N) is 1. The van der Waals surface area contributed by atoms with E-state index in [1.54, 1.807) is 0 Å². The van der Waals surface area contributed by atoms with Gasteiger partial charge in [-0.1, -0.05) is 24.3 Å². The van der Waals surface area contributed by atoms with Crippen LogP contribution in [0.15, 0.2) is 24.3 Å². The average molecular weight is 244 g/mol. The first-order chi connectivity index (χ1) is 8.57. The Morgan fingerprint density at radius 3 is 2.33 bits per heavy atom. The van der Waals surface area contributed by atoms with Crippen molar-refractivity contribution in [3.63, 3.8) is 0 Å². The molecule has 0 heterocycles.